The average molecular weight is 472 g/mol. The van der Waals surface area contributed by atoms with Gasteiger partial charge in [0.2, 0.25) is 5.95 Å². The second-order valence-corrected chi connectivity index (χ2v) is 10.1. The molecule has 0 spiro atoms. The number of fused-ring (bicyclic) bond motifs is 3. The van der Waals surface area contributed by atoms with E-state index in [4.69, 9.17) is 9.54 Å². The molecule has 1 aliphatic carbocycles. The van der Waals surface area contributed by atoms with Crippen LogP contribution >= 0.6 is 0 Å². The van der Waals surface area contributed by atoms with Gasteiger partial charge in [0.1, 0.15) is 0 Å². The van der Waals surface area contributed by atoms with E-state index in [0.717, 1.165) is 34.5 Å². The molecule has 0 saturated carbocycles. The molecule has 3 aromatic carbocycles. The molecule has 0 radical (unpaired) electrons. The zero-order valence-corrected chi connectivity index (χ0v) is 19.4. The lowest BCUT2D eigenvalue weighted by Crippen LogP contribution is -2.14. The van der Waals surface area contributed by atoms with Crippen LogP contribution in [0, 0.1) is 0 Å². The topological polar surface area (TPSA) is 92.2 Å². The fourth-order valence-corrected chi connectivity index (χ4v) is 5.03. The molecule has 0 bridgehead atoms. The second kappa shape index (κ2) is 9.37. The molecule has 1 aromatic heterocycles. The predicted molar refractivity (Wildman–Crippen MR) is 134 cm³/mol. The molecule has 1 unspecified atom stereocenters. The Morgan fingerprint density at radius 1 is 0.941 bits per heavy atom. The Kier molecular flexibility index (Phi) is 6.13. The highest BCUT2D eigenvalue weighted by atomic mass is 32.2. The first-order chi connectivity index (χ1) is 16.5. The number of benzene rings is 3. The number of hydrogen-bond donors (Lipinski definition) is 2. The Morgan fingerprint density at radius 2 is 1.68 bits per heavy atom. The number of anilines is 2. The molecule has 1 aliphatic rings. The van der Waals surface area contributed by atoms with E-state index >= 15 is 0 Å². The minimum absolute atomic E-state index is 0.234. The highest BCUT2D eigenvalue weighted by Gasteiger charge is 2.27. The van der Waals surface area contributed by atoms with Crippen molar-refractivity contribution in [1.82, 2.24) is 9.97 Å². The molecule has 0 amide bonds. The SMILES string of the molecule is O=S(=O)(O)CCCc1ccc(Nc2ncc3c(n2)-c2ccccc2C(c2ccccc2)C3)cc1. The van der Waals surface area contributed by atoms with Crippen LogP contribution in [0.5, 0.6) is 0 Å². The molecule has 0 aliphatic heterocycles. The quantitative estimate of drug-likeness (QED) is 0.351. The first-order valence-corrected chi connectivity index (χ1v) is 12.9. The molecule has 4 aromatic rings. The summed E-state index contributed by atoms with van der Waals surface area (Å²) < 4.78 is 30.6. The Bertz CT molecular complexity index is 1410. The second-order valence-electron chi connectivity index (χ2n) is 8.53. The molecule has 7 heteroatoms. The van der Waals surface area contributed by atoms with Crippen LogP contribution in [0.15, 0.2) is 85.1 Å². The summed E-state index contributed by atoms with van der Waals surface area (Å²) in [6.45, 7) is 0. The zero-order chi connectivity index (χ0) is 23.5. The van der Waals surface area contributed by atoms with Crippen molar-refractivity contribution in [2.75, 3.05) is 11.1 Å². The van der Waals surface area contributed by atoms with Crippen molar-refractivity contribution in [3.05, 3.63) is 107 Å². The smallest absolute Gasteiger partial charge is 0.264 e. The summed E-state index contributed by atoms with van der Waals surface area (Å²) in [5, 5.41) is 3.28. The van der Waals surface area contributed by atoms with Crippen molar-refractivity contribution in [3.8, 4) is 11.3 Å². The van der Waals surface area contributed by atoms with Crippen molar-refractivity contribution in [2.45, 2.75) is 25.2 Å². The van der Waals surface area contributed by atoms with Crippen molar-refractivity contribution >= 4 is 21.8 Å². The summed E-state index contributed by atoms with van der Waals surface area (Å²) in [5.74, 6) is 0.578. The fraction of sp³-hybridized carbons (Fsp3) is 0.185. The molecule has 2 N–H and O–H groups in total. The van der Waals surface area contributed by atoms with Crippen LogP contribution in [-0.4, -0.2) is 28.7 Å². The van der Waals surface area contributed by atoms with Gasteiger partial charge in [-0.3, -0.25) is 4.55 Å². The lowest BCUT2D eigenvalue weighted by Gasteiger charge is -2.27. The van der Waals surface area contributed by atoms with E-state index in [1.807, 2.05) is 42.6 Å². The Balaban J connectivity index is 1.35. The lowest BCUT2D eigenvalue weighted by molar-refractivity contribution is 0.481. The Hall–Kier alpha value is -3.55. The predicted octanol–water partition coefficient (Wildman–Crippen LogP) is 5.40. The van der Waals surface area contributed by atoms with E-state index in [0.29, 0.717) is 18.8 Å². The van der Waals surface area contributed by atoms with Gasteiger partial charge in [-0.15, -0.1) is 0 Å². The molecular formula is C27H25N3O3S. The van der Waals surface area contributed by atoms with E-state index in [2.05, 4.69) is 52.8 Å². The van der Waals surface area contributed by atoms with Crippen LogP contribution in [0.25, 0.3) is 11.3 Å². The van der Waals surface area contributed by atoms with Gasteiger partial charge in [0.15, 0.2) is 0 Å². The van der Waals surface area contributed by atoms with E-state index in [1.54, 1.807) is 0 Å². The van der Waals surface area contributed by atoms with Gasteiger partial charge in [-0.1, -0.05) is 66.7 Å². The zero-order valence-electron chi connectivity index (χ0n) is 18.6. The number of nitrogens with zero attached hydrogens (tertiary/aromatic N) is 2. The highest BCUT2D eigenvalue weighted by molar-refractivity contribution is 7.85. The number of aromatic nitrogens is 2. The normalized spacial score (nSPS) is 14.8. The van der Waals surface area contributed by atoms with Crippen LogP contribution in [0.4, 0.5) is 11.6 Å². The average Bonchev–Trinajstić information content (AvgIpc) is 2.84. The van der Waals surface area contributed by atoms with Crippen LogP contribution in [-0.2, 0) is 23.0 Å². The van der Waals surface area contributed by atoms with Crippen LogP contribution in [0.1, 0.15) is 34.6 Å². The standard InChI is InChI=1S/C27H25N3O3S/c31-34(32,33)16-6-7-19-12-14-22(15-13-19)29-27-28-18-21-17-25(20-8-2-1-3-9-20)23-10-4-5-11-24(23)26(21)30-27/h1-5,8-15,18,25H,6-7,16-17H2,(H,28,29,30)(H,31,32,33). The maximum Gasteiger partial charge on any atom is 0.264 e. The van der Waals surface area contributed by atoms with Gasteiger partial charge in [-0.05, 0) is 53.6 Å². The summed E-state index contributed by atoms with van der Waals surface area (Å²) in [4.78, 5) is 9.43. The van der Waals surface area contributed by atoms with Crippen molar-refractivity contribution in [2.24, 2.45) is 0 Å². The third-order valence-electron chi connectivity index (χ3n) is 6.16. The van der Waals surface area contributed by atoms with Crippen molar-refractivity contribution in [3.63, 3.8) is 0 Å². The van der Waals surface area contributed by atoms with Gasteiger partial charge in [0.05, 0.1) is 11.4 Å². The number of nitrogens with one attached hydrogen (secondary N) is 1. The van der Waals surface area contributed by atoms with Crippen LogP contribution < -0.4 is 5.32 Å². The number of hydrogen-bond acceptors (Lipinski definition) is 5. The van der Waals surface area contributed by atoms with E-state index in [9.17, 15) is 8.42 Å². The van der Waals surface area contributed by atoms with Gasteiger partial charge in [0.25, 0.3) is 10.1 Å². The van der Waals surface area contributed by atoms with Crippen molar-refractivity contribution < 1.29 is 13.0 Å². The van der Waals surface area contributed by atoms with Gasteiger partial charge < -0.3 is 5.32 Å². The van der Waals surface area contributed by atoms with E-state index < -0.39 is 10.1 Å². The number of rotatable bonds is 7. The monoisotopic (exact) mass is 471 g/mol. The molecule has 1 atom stereocenters. The third kappa shape index (κ3) is 5.00. The fourth-order valence-electron chi connectivity index (χ4n) is 4.52. The van der Waals surface area contributed by atoms with E-state index in [-0.39, 0.29) is 11.7 Å². The third-order valence-corrected chi connectivity index (χ3v) is 6.96. The minimum atomic E-state index is -3.92. The van der Waals surface area contributed by atoms with Gasteiger partial charge in [0, 0.05) is 23.4 Å². The van der Waals surface area contributed by atoms with E-state index in [1.165, 1.54) is 11.1 Å². The summed E-state index contributed by atoms with van der Waals surface area (Å²) in [5.41, 5.74) is 7.65. The molecule has 1 heterocycles. The lowest BCUT2D eigenvalue weighted by atomic mass is 9.78. The molecule has 34 heavy (non-hydrogen) atoms. The molecule has 5 rings (SSSR count). The summed E-state index contributed by atoms with van der Waals surface area (Å²) >= 11 is 0. The molecule has 172 valence electrons. The minimum Gasteiger partial charge on any atom is -0.324 e. The van der Waals surface area contributed by atoms with Gasteiger partial charge >= 0.3 is 0 Å². The largest absolute Gasteiger partial charge is 0.324 e. The Morgan fingerprint density at radius 3 is 2.44 bits per heavy atom. The first-order valence-electron chi connectivity index (χ1n) is 11.3. The van der Waals surface area contributed by atoms with Crippen molar-refractivity contribution in [1.29, 1.82) is 0 Å². The Labute approximate surface area is 199 Å². The van der Waals surface area contributed by atoms with Gasteiger partial charge in [-0.2, -0.15) is 8.42 Å². The summed E-state index contributed by atoms with van der Waals surface area (Å²) in [6, 6.07) is 26.7. The summed E-state index contributed by atoms with van der Waals surface area (Å²) in [7, 11) is -3.92. The molecule has 0 fully saturated rings. The highest BCUT2D eigenvalue weighted by Crippen LogP contribution is 2.41. The maximum absolute atomic E-state index is 10.9. The molecular weight excluding hydrogens is 446 g/mol. The van der Waals surface area contributed by atoms with Gasteiger partial charge in [-0.25, -0.2) is 9.97 Å². The van der Waals surface area contributed by atoms with Crippen LogP contribution in [0.3, 0.4) is 0 Å². The molecule has 6 nitrogen and oxygen atoms in total. The molecule has 0 saturated heterocycles. The number of aryl methyl sites for hydroxylation is 1. The maximum atomic E-state index is 10.9. The first kappa shape index (κ1) is 22.3. The summed E-state index contributed by atoms with van der Waals surface area (Å²) in [6.07, 6.45) is 3.73. The van der Waals surface area contributed by atoms with Crippen LogP contribution in [0.2, 0.25) is 0 Å².